The van der Waals surface area contributed by atoms with Crippen molar-refractivity contribution < 1.29 is 9.59 Å². The van der Waals surface area contributed by atoms with Crippen LogP contribution in [-0.2, 0) is 11.2 Å². The van der Waals surface area contributed by atoms with Crippen LogP contribution in [0.3, 0.4) is 0 Å². The minimum atomic E-state index is -0.187. The van der Waals surface area contributed by atoms with Crippen molar-refractivity contribution in [2.24, 2.45) is 0 Å². The number of carbonyl (C=O) groups excluding carboxylic acids is 2. The minimum absolute atomic E-state index is 0.186. The zero-order valence-corrected chi connectivity index (χ0v) is 13.2. The quantitative estimate of drug-likeness (QED) is 0.820. The molecule has 1 aromatic carbocycles. The van der Waals surface area contributed by atoms with Crippen molar-refractivity contribution in [2.45, 2.75) is 26.2 Å². The van der Waals surface area contributed by atoms with E-state index < -0.39 is 0 Å². The Bertz CT molecular complexity index is 627. The Kier molecular flexibility index (Phi) is 6.02. The summed E-state index contributed by atoms with van der Waals surface area (Å²) in [5.41, 5.74) is 0.580. The van der Waals surface area contributed by atoms with Gasteiger partial charge in [0.1, 0.15) is 5.01 Å². The number of nitrogens with one attached hydrogen (secondary N) is 2. The van der Waals surface area contributed by atoms with Crippen molar-refractivity contribution in [3.8, 4) is 0 Å². The van der Waals surface area contributed by atoms with Gasteiger partial charge in [0.05, 0.1) is 0 Å². The van der Waals surface area contributed by atoms with Crippen molar-refractivity contribution in [3.63, 3.8) is 0 Å². The lowest BCUT2D eigenvalue weighted by Gasteiger charge is -2.04. The van der Waals surface area contributed by atoms with Crippen LogP contribution in [0.4, 0.5) is 5.13 Å². The van der Waals surface area contributed by atoms with E-state index in [2.05, 4.69) is 27.8 Å². The first kappa shape index (κ1) is 16.1. The summed E-state index contributed by atoms with van der Waals surface area (Å²) in [7, 11) is 0. The van der Waals surface area contributed by atoms with E-state index in [1.807, 2.05) is 6.07 Å². The second-order valence-electron chi connectivity index (χ2n) is 4.67. The molecule has 0 saturated heterocycles. The monoisotopic (exact) mass is 318 g/mol. The number of nitrogens with zero attached hydrogens (tertiary/aromatic N) is 2. The van der Waals surface area contributed by atoms with E-state index in [1.165, 1.54) is 11.3 Å². The Hall–Kier alpha value is -2.28. The van der Waals surface area contributed by atoms with Crippen molar-refractivity contribution in [2.75, 3.05) is 11.9 Å². The molecule has 116 valence electrons. The number of aromatic nitrogens is 2. The molecule has 0 radical (unpaired) electrons. The molecule has 2 N–H and O–H groups in total. The molecule has 6 nitrogen and oxygen atoms in total. The first-order valence-corrected chi connectivity index (χ1v) is 7.96. The zero-order chi connectivity index (χ0) is 15.8. The topological polar surface area (TPSA) is 84.0 Å². The number of aryl methyl sites for hydroxylation is 1. The van der Waals surface area contributed by atoms with Crippen molar-refractivity contribution in [3.05, 3.63) is 40.9 Å². The number of anilines is 1. The SMILES string of the molecule is CCCc1nnc(NC(=O)CCNC(=O)c2ccccc2)s1. The number of carbonyl (C=O) groups is 2. The molecule has 1 heterocycles. The molecule has 0 bridgehead atoms. The first-order chi connectivity index (χ1) is 10.7. The Balaban J connectivity index is 1.72. The molecule has 22 heavy (non-hydrogen) atoms. The fourth-order valence-corrected chi connectivity index (χ4v) is 2.64. The fraction of sp³-hybridized carbons (Fsp3) is 0.333. The number of rotatable bonds is 7. The Morgan fingerprint density at radius 2 is 1.95 bits per heavy atom. The van der Waals surface area contributed by atoms with Gasteiger partial charge in [0.25, 0.3) is 5.91 Å². The number of hydrogen-bond donors (Lipinski definition) is 2. The second-order valence-corrected chi connectivity index (χ2v) is 5.73. The molecule has 0 unspecified atom stereocenters. The summed E-state index contributed by atoms with van der Waals surface area (Å²) in [6.07, 6.45) is 2.05. The molecular weight excluding hydrogens is 300 g/mol. The average molecular weight is 318 g/mol. The van der Waals surface area contributed by atoms with Crippen LogP contribution < -0.4 is 10.6 Å². The van der Waals surface area contributed by atoms with E-state index in [0.717, 1.165) is 17.8 Å². The molecule has 2 amide bonds. The number of hydrogen-bond acceptors (Lipinski definition) is 5. The third kappa shape index (κ3) is 4.92. The van der Waals surface area contributed by atoms with Gasteiger partial charge >= 0.3 is 0 Å². The van der Waals surface area contributed by atoms with Gasteiger partial charge in [-0.3, -0.25) is 9.59 Å². The Morgan fingerprint density at radius 3 is 2.68 bits per heavy atom. The maximum absolute atomic E-state index is 11.8. The fourth-order valence-electron chi connectivity index (χ4n) is 1.78. The molecule has 0 aliphatic carbocycles. The van der Waals surface area contributed by atoms with Gasteiger partial charge < -0.3 is 10.6 Å². The van der Waals surface area contributed by atoms with Gasteiger partial charge in [-0.15, -0.1) is 10.2 Å². The van der Waals surface area contributed by atoms with Crippen LogP contribution in [0.1, 0.15) is 35.1 Å². The smallest absolute Gasteiger partial charge is 0.251 e. The maximum Gasteiger partial charge on any atom is 0.251 e. The summed E-state index contributed by atoms with van der Waals surface area (Å²) in [4.78, 5) is 23.6. The van der Waals surface area contributed by atoms with E-state index in [1.54, 1.807) is 24.3 Å². The highest BCUT2D eigenvalue weighted by atomic mass is 32.1. The third-order valence-electron chi connectivity index (χ3n) is 2.85. The van der Waals surface area contributed by atoms with Crippen LogP contribution >= 0.6 is 11.3 Å². The van der Waals surface area contributed by atoms with Crippen LogP contribution in [-0.4, -0.2) is 28.6 Å². The molecule has 0 spiro atoms. The highest BCUT2D eigenvalue weighted by molar-refractivity contribution is 7.15. The molecule has 2 rings (SSSR count). The van der Waals surface area contributed by atoms with E-state index in [0.29, 0.717) is 10.7 Å². The van der Waals surface area contributed by atoms with E-state index in [4.69, 9.17) is 0 Å². The summed E-state index contributed by atoms with van der Waals surface area (Å²) in [5, 5.41) is 14.7. The van der Waals surface area contributed by atoms with Crippen LogP contribution in [0.15, 0.2) is 30.3 Å². The number of amides is 2. The molecule has 7 heteroatoms. The molecule has 0 fully saturated rings. The summed E-state index contributed by atoms with van der Waals surface area (Å²) in [5.74, 6) is -0.373. The van der Waals surface area contributed by atoms with Crippen molar-refractivity contribution in [1.82, 2.24) is 15.5 Å². The van der Waals surface area contributed by atoms with Crippen molar-refractivity contribution in [1.29, 1.82) is 0 Å². The molecule has 0 saturated carbocycles. The van der Waals surface area contributed by atoms with Gasteiger partial charge in [0, 0.05) is 24.9 Å². The first-order valence-electron chi connectivity index (χ1n) is 7.14. The van der Waals surface area contributed by atoms with Crippen LogP contribution in [0, 0.1) is 0 Å². The van der Waals surface area contributed by atoms with E-state index >= 15 is 0 Å². The summed E-state index contributed by atoms with van der Waals surface area (Å²) in [6.45, 7) is 2.34. The van der Waals surface area contributed by atoms with E-state index in [9.17, 15) is 9.59 Å². The number of benzene rings is 1. The van der Waals surface area contributed by atoms with E-state index in [-0.39, 0.29) is 24.8 Å². The van der Waals surface area contributed by atoms with Gasteiger partial charge in [-0.25, -0.2) is 0 Å². The van der Waals surface area contributed by atoms with Gasteiger partial charge in [-0.2, -0.15) is 0 Å². The van der Waals surface area contributed by atoms with Gasteiger partial charge in [0.15, 0.2) is 0 Å². The molecule has 0 aliphatic heterocycles. The summed E-state index contributed by atoms with van der Waals surface area (Å²) < 4.78 is 0. The largest absolute Gasteiger partial charge is 0.352 e. The predicted molar refractivity (Wildman–Crippen MR) is 85.9 cm³/mol. The van der Waals surface area contributed by atoms with Crippen molar-refractivity contribution >= 4 is 28.3 Å². The second kappa shape index (κ2) is 8.23. The molecular formula is C15H18N4O2S. The summed E-state index contributed by atoms with van der Waals surface area (Å²) in [6, 6.07) is 8.90. The lowest BCUT2D eigenvalue weighted by atomic mass is 10.2. The average Bonchev–Trinajstić information content (AvgIpc) is 2.95. The summed E-state index contributed by atoms with van der Waals surface area (Å²) >= 11 is 1.38. The highest BCUT2D eigenvalue weighted by Gasteiger charge is 2.09. The predicted octanol–water partition coefficient (Wildman–Crippen LogP) is 2.25. The van der Waals surface area contributed by atoms with Crippen LogP contribution in [0.2, 0.25) is 0 Å². The van der Waals surface area contributed by atoms with Gasteiger partial charge in [-0.1, -0.05) is 36.5 Å². The van der Waals surface area contributed by atoms with Gasteiger partial charge in [-0.05, 0) is 18.6 Å². The Labute approximate surface area is 133 Å². The standard InChI is InChI=1S/C15H18N4O2S/c1-2-6-13-18-19-15(22-13)17-12(20)9-10-16-14(21)11-7-4-3-5-8-11/h3-5,7-8H,2,6,9-10H2,1H3,(H,16,21)(H,17,19,20). The minimum Gasteiger partial charge on any atom is -0.352 e. The molecule has 2 aromatic rings. The highest BCUT2D eigenvalue weighted by Crippen LogP contribution is 2.16. The zero-order valence-electron chi connectivity index (χ0n) is 12.3. The lowest BCUT2D eigenvalue weighted by Crippen LogP contribution is -2.27. The van der Waals surface area contributed by atoms with Crippen LogP contribution in [0.25, 0.3) is 0 Å². The molecule has 1 aromatic heterocycles. The molecule has 0 aliphatic rings. The lowest BCUT2D eigenvalue weighted by molar-refractivity contribution is -0.116. The maximum atomic E-state index is 11.8. The molecule has 0 atom stereocenters. The van der Waals surface area contributed by atoms with Crippen LogP contribution in [0.5, 0.6) is 0 Å². The Morgan fingerprint density at radius 1 is 1.18 bits per heavy atom. The van der Waals surface area contributed by atoms with Gasteiger partial charge in [0.2, 0.25) is 11.0 Å². The third-order valence-corrected chi connectivity index (χ3v) is 3.75. The normalized spacial score (nSPS) is 10.2.